The number of amides is 2. The summed E-state index contributed by atoms with van der Waals surface area (Å²) in [5, 5.41) is 5.27. The summed E-state index contributed by atoms with van der Waals surface area (Å²) in [6, 6.07) is 2.21. The van der Waals surface area contributed by atoms with Gasteiger partial charge in [-0.3, -0.25) is 19.7 Å². The number of carbonyl (C=O) groups excluding carboxylic acids is 3. The monoisotopic (exact) mass is 473 g/mol. The van der Waals surface area contributed by atoms with E-state index in [4.69, 9.17) is 26.1 Å². The summed E-state index contributed by atoms with van der Waals surface area (Å²) in [6.45, 7) is 1.54. The summed E-state index contributed by atoms with van der Waals surface area (Å²) in [6.07, 6.45) is 1.53. The highest BCUT2D eigenvalue weighted by atomic mass is 79.9. The molecule has 1 aromatic rings. The molecule has 0 spiro atoms. The molecule has 1 aromatic heterocycles. The SMILES string of the molecule is O=C(CC1C(=O)NCCN1C(=S)NC(=O)c1ccc(Br)o1)OCC1CCCO1. The van der Waals surface area contributed by atoms with Crippen LogP contribution in [0.5, 0.6) is 0 Å². The van der Waals surface area contributed by atoms with E-state index in [0.717, 1.165) is 12.8 Å². The van der Waals surface area contributed by atoms with Gasteiger partial charge in [0.05, 0.1) is 12.5 Å². The molecule has 3 rings (SSSR count). The molecule has 0 bridgehead atoms. The van der Waals surface area contributed by atoms with Gasteiger partial charge in [-0.1, -0.05) is 0 Å². The number of esters is 1. The fourth-order valence-electron chi connectivity index (χ4n) is 3.01. The van der Waals surface area contributed by atoms with Gasteiger partial charge in [-0.05, 0) is 53.1 Å². The fraction of sp³-hybridized carbons (Fsp3) is 0.529. The van der Waals surface area contributed by atoms with Crippen molar-refractivity contribution in [2.45, 2.75) is 31.4 Å². The zero-order chi connectivity index (χ0) is 20.1. The van der Waals surface area contributed by atoms with Crippen LogP contribution in [0.3, 0.4) is 0 Å². The van der Waals surface area contributed by atoms with Gasteiger partial charge < -0.3 is 24.1 Å². The molecule has 2 amide bonds. The molecule has 0 aromatic carbocycles. The number of nitrogens with zero attached hydrogens (tertiary/aromatic N) is 1. The summed E-state index contributed by atoms with van der Waals surface area (Å²) >= 11 is 8.40. The van der Waals surface area contributed by atoms with Gasteiger partial charge in [0.1, 0.15) is 12.6 Å². The normalized spacial score (nSPS) is 21.9. The van der Waals surface area contributed by atoms with Gasteiger partial charge in [0, 0.05) is 19.7 Å². The van der Waals surface area contributed by atoms with Crippen LogP contribution in [0.2, 0.25) is 0 Å². The molecule has 28 heavy (non-hydrogen) atoms. The summed E-state index contributed by atoms with van der Waals surface area (Å²) in [4.78, 5) is 38.2. The van der Waals surface area contributed by atoms with Crippen LogP contribution in [0.4, 0.5) is 0 Å². The number of ether oxygens (including phenoxy) is 2. The Hall–Kier alpha value is -1.98. The molecule has 2 N–H and O–H groups in total. The largest absolute Gasteiger partial charge is 0.463 e. The third-order valence-corrected chi connectivity index (χ3v) is 5.19. The number of thiocarbonyl (C=S) groups is 1. The zero-order valence-corrected chi connectivity index (χ0v) is 17.3. The van der Waals surface area contributed by atoms with Crippen LogP contribution >= 0.6 is 28.1 Å². The van der Waals surface area contributed by atoms with E-state index in [2.05, 4.69) is 26.6 Å². The molecule has 0 aliphatic carbocycles. The number of piperazine rings is 1. The van der Waals surface area contributed by atoms with Gasteiger partial charge in [-0.25, -0.2) is 0 Å². The molecule has 2 atom stereocenters. The Morgan fingerprint density at radius 3 is 2.93 bits per heavy atom. The molecular weight excluding hydrogens is 454 g/mol. The van der Waals surface area contributed by atoms with Crippen molar-refractivity contribution in [1.82, 2.24) is 15.5 Å². The number of nitrogens with one attached hydrogen (secondary N) is 2. The van der Waals surface area contributed by atoms with Crippen molar-refractivity contribution in [1.29, 1.82) is 0 Å². The van der Waals surface area contributed by atoms with Crippen LogP contribution in [-0.4, -0.2) is 66.2 Å². The van der Waals surface area contributed by atoms with Gasteiger partial charge in [-0.15, -0.1) is 0 Å². The first-order chi connectivity index (χ1) is 13.4. The maximum atomic E-state index is 12.3. The Labute approximate surface area is 175 Å². The lowest BCUT2D eigenvalue weighted by Crippen LogP contribution is -2.60. The highest BCUT2D eigenvalue weighted by molar-refractivity contribution is 9.10. The predicted molar refractivity (Wildman–Crippen MR) is 105 cm³/mol. The molecule has 0 radical (unpaired) electrons. The quantitative estimate of drug-likeness (QED) is 0.480. The number of carbonyl (C=O) groups is 3. The van der Waals surface area contributed by atoms with Crippen molar-refractivity contribution in [2.75, 3.05) is 26.3 Å². The zero-order valence-electron chi connectivity index (χ0n) is 14.9. The average Bonchev–Trinajstić information content (AvgIpc) is 3.33. The molecule has 0 saturated carbocycles. The molecule has 2 aliphatic rings. The maximum Gasteiger partial charge on any atom is 0.308 e. The maximum absolute atomic E-state index is 12.3. The van der Waals surface area contributed by atoms with Crippen molar-refractivity contribution in [3.8, 4) is 0 Å². The number of hydrogen-bond acceptors (Lipinski definition) is 7. The van der Waals surface area contributed by atoms with Crippen molar-refractivity contribution in [2.24, 2.45) is 0 Å². The second kappa shape index (κ2) is 9.48. The van der Waals surface area contributed by atoms with Crippen LogP contribution in [0.25, 0.3) is 0 Å². The topological polar surface area (TPSA) is 110 Å². The Balaban J connectivity index is 1.57. The van der Waals surface area contributed by atoms with Gasteiger partial charge >= 0.3 is 5.97 Å². The lowest BCUT2D eigenvalue weighted by atomic mass is 10.1. The Bertz CT molecular complexity index is 764. The molecule has 2 fully saturated rings. The van der Waals surface area contributed by atoms with E-state index in [1.165, 1.54) is 11.0 Å². The third kappa shape index (κ3) is 5.30. The molecule has 9 nitrogen and oxygen atoms in total. The molecule has 2 saturated heterocycles. The smallest absolute Gasteiger partial charge is 0.308 e. The molecule has 2 aliphatic heterocycles. The minimum absolute atomic E-state index is 0.0456. The van der Waals surface area contributed by atoms with E-state index in [1.54, 1.807) is 6.07 Å². The van der Waals surface area contributed by atoms with E-state index in [9.17, 15) is 14.4 Å². The molecule has 2 unspecified atom stereocenters. The highest BCUT2D eigenvalue weighted by Crippen LogP contribution is 2.16. The summed E-state index contributed by atoms with van der Waals surface area (Å²) < 4.78 is 16.2. The van der Waals surface area contributed by atoms with Crippen LogP contribution in [0.1, 0.15) is 29.8 Å². The molecule has 11 heteroatoms. The first kappa shape index (κ1) is 20.7. The van der Waals surface area contributed by atoms with Crippen LogP contribution < -0.4 is 10.6 Å². The molecule has 3 heterocycles. The number of rotatable bonds is 5. The van der Waals surface area contributed by atoms with E-state index < -0.39 is 17.9 Å². The molecule has 152 valence electrons. The second-order valence-electron chi connectivity index (χ2n) is 6.39. The standard InChI is InChI=1S/C17H20BrN3O6S/c18-13-4-3-12(27-13)16(24)20-17(28)21-6-5-19-15(23)11(21)8-14(22)26-9-10-2-1-7-25-10/h3-4,10-11H,1-2,5-9H2,(H,19,23)(H,20,24,28). The van der Waals surface area contributed by atoms with Crippen molar-refractivity contribution >= 4 is 51.0 Å². The van der Waals surface area contributed by atoms with Gasteiger partial charge in [-0.2, -0.15) is 0 Å². The highest BCUT2D eigenvalue weighted by Gasteiger charge is 2.34. The second-order valence-corrected chi connectivity index (χ2v) is 7.55. The van der Waals surface area contributed by atoms with E-state index in [0.29, 0.717) is 24.4 Å². The van der Waals surface area contributed by atoms with Gasteiger partial charge in [0.25, 0.3) is 5.91 Å². The first-order valence-electron chi connectivity index (χ1n) is 8.86. The van der Waals surface area contributed by atoms with Crippen LogP contribution in [0, 0.1) is 0 Å². The van der Waals surface area contributed by atoms with Crippen molar-refractivity contribution in [3.63, 3.8) is 0 Å². The van der Waals surface area contributed by atoms with Crippen molar-refractivity contribution in [3.05, 3.63) is 22.6 Å². The Kier molecular flexibility index (Phi) is 7.03. The van der Waals surface area contributed by atoms with Crippen LogP contribution in [0.15, 0.2) is 21.2 Å². The number of halogens is 1. The fourth-order valence-corrected chi connectivity index (χ4v) is 3.62. The number of hydrogen-bond donors (Lipinski definition) is 2. The first-order valence-corrected chi connectivity index (χ1v) is 10.1. The van der Waals surface area contributed by atoms with E-state index >= 15 is 0 Å². The number of furan rings is 1. The lowest BCUT2D eigenvalue weighted by molar-refractivity contribution is -0.150. The minimum Gasteiger partial charge on any atom is -0.463 e. The van der Waals surface area contributed by atoms with E-state index in [-0.39, 0.29) is 35.9 Å². The minimum atomic E-state index is -0.859. The molecular formula is C17H20BrN3O6S. The van der Waals surface area contributed by atoms with Gasteiger partial charge in [0.2, 0.25) is 5.91 Å². The lowest BCUT2D eigenvalue weighted by Gasteiger charge is -2.36. The van der Waals surface area contributed by atoms with E-state index in [1.807, 2.05) is 0 Å². The average molecular weight is 474 g/mol. The summed E-state index contributed by atoms with van der Waals surface area (Å²) in [7, 11) is 0. The third-order valence-electron chi connectivity index (χ3n) is 4.42. The summed E-state index contributed by atoms with van der Waals surface area (Å²) in [5.41, 5.74) is 0. The van der Waals surface area contributed by atoms with Crippen LogP contribution in [-0.2, 0) is 19.1 Å². The van der Waals surface area contributed by atoms with Gasteiger partial charge in [0.15, 0.2) is 15.5 Å². The van der Waals surface area contributed by atoms with Crippen molar-refractivity contribution < 1.29 is 28.3 Å². The predicted octanol–water partition coefficient (Wildman–Crippen LogP) is 0.970. The summed E-state index contributed by atoms with van der Waals surface area (Å²) in [5.74, 6) is -1.34. The Morgan fingerprint density at radius 2 is 2.25 bits per heavy atom. The Morgan fingerprint density at radius 1 is 1.43 bits per heavy atom.